The standard InChI is InChI=1S/C23H25ClN2O2/c1-4-7-19-22(16-10-12-18(24)13-11-16)21(23(25)27)15(2)26(19)14-17-8-5-6-9-20(17)28-3/h5-6,8-13H,4,7,14H2,1-3H3,(H2,25,27). The fourth-order valence-corrected chi connectivity index (χ4v) is 3.87. The van der Waals surface area contributed by atoms with Gasteiger partial charge in [0, 0.05) is 27.5 Å². The Kier molecular flexibility index (Phi) is 6.10. The van der Waals surface area contributed by atoms with Crippen molar-refractivity contribution in [1.82, 2.24) is 4.57 Å². The number of nitrogens with zero attached hydrogens (tertiary/aromatic N) is 1. The third-order valence-corrected chi connectivity index (χ3v) is 5.27. The van der Waals surface area contributed by atoms with Crippen LogP contribution in [0.4, 0.5) is 0 Å². The van der Waals surface area contributed by atoms with E-state index in [9.17, 15) is 4.79 Å². The predicted octanol–water partition coefficient (Wildman–Crippen LogP) is 5.23. The largest absolute Gasteiger partial charge is 0.496 e. The number of nitrogens with two attached hydrogens (primary N) is 1. The average molecular weight is 397 g/mol. The van der Waals surface area contributed by atoms with Crippen molar-refractivity contribution >= 4 is 17.5 Å². The number of primary amides is 1. The second kappa shape index (κ2) is 8.53. The second-order valence-corrected chi connectivity index (χ2v) is 7.24. The van der Waals surface area contributed by atoms with Crippen LogP contribution in [0.25, 0.3) is 11.1 Å². The van der Waals surface area contributed by atoms with Crippen LogP contribution in [0.5, 0.6) is 5.75 Å². The quantitative estimate of drug-likeness (QED) is 0.594. The van der Waals surface area contributed by atoms with Crippen LogP contribution in [-0.4, -0.2) is 17.6 Å². The molecule has 2 aromatic carbocycles. The zero-order chi connectivity index (χ0) is 20.3. The molecule has 3 aromatic rings. The summed E-state index contributed by atoms with van der Waals surface area (Å²) in [5.74, 6) is 0.408. The molecule has 1 amide bonds. The first-order valence-corrected chi connectivity index (χ1v) is 9.75. The van der Waals surface area contributed by atoms with E-state index >= 15 is 0 Å². The number of ether oxygens (including phenoxy) is 1. The molecule has 0 unspecified atom stereocenters. The van der Waals surface area contributed by atoms with E-state index in [-0.39, 0.29) is 0 Å². The Bertz CT molecular complexity index is 991. The van der Waals surface area contributed by atoms with E-state index < -0.39 is 5.91 Å². The van der Waals surface area contributed by atoms with E-state index in [2.05, 4.69) is 11.5 Å². The van der Waals surface area contributed by atoms with Gasteiger partial charge in [0.05, 0.1) is 19.2 Å². The van der Waals surface area contributed by atoms with E-state index in [1.165, 1.54) is 0 Å². The van der Waals surface area contributed by atoms with Crippen LogP contribution in [0.1, 0.15) is 40.7 Å². The lowest BCUT2D eigenvalue weighted by atomic mass is 9.98. The molecule has 0 atom stereocenters. The summed E-state index contributed by atoms with van der Waals surface area (Å²) < 4.78 is 7.71. The van der Waals surface area contributed by atoms with Gasteiger partial charge < -0.3 is 15.0 Å². The molecule has 2 N–H and O–H groups in total. The Morgan fingerprint density at radius 1 is 1.14 bits per heavy atom. The fraction of sp³-hybridized carbons (Fsp3) is 0.261. The minimum absolute atomic E-state index is 0.418. The molecule has 0 bridgehead atoms. The number of rotatable bonds is 7. The Morgan fingerprint density at radius 2 is 1.82 bits per heavy atom. The third kappa shape index (κ3) is 3.78. The number of hydrogen-bond donors (Lipinski definition) is 1. The maximum absolute atomic E-state index is 12.4. The zero-order valence-corrected chi connectivity index (χ0v) is 17.2. The van der Waals surface area contributed by atoms with Gasteiger partial charge in [0.2, 0.25) is 0 Å². The maximum Gasteiger partial charge on any atom is 0.251 e. The molecule has 0 radical (unpaired) electrons. The molecule has 146 valence electrons. The monoisotopic (exact) mass is 396 g/mol. The first-order valence-electron chi connectivity index (χ1n) is 9.37. The lowest BCUT2D eigenvalue weighted by molar-refractivity contribution is 0.1000. The van der Waals surface area contributed by atoms with Crippen LogP contribution in [0.2, 0.25) is 5.02 Å². The summed E-state index contributed by atoms with van der Waals surface area (Å²) in [6, 6.07) is 15.5. The van der Waals surface area contributed by atoms with Gasteiger partial charge in [-0.3, -0.25) is 4.79 Å². The van der Waals surface area contributed by atoms with E-state index in [4.69, 9.17) is 22.1 Å². The summed E-state index contributed by atoms with van der Waals surface area (Å²) in [5.41, 5.74) is 11.2. The van der Waals surface area contributed by atoms with Gasteiger partial charge in [0.15, 0.2) is 0 Å². The highest BCUT2D eigenvalue weighted by atomic mass is 35.5. The number of amides is 1. The van der Waals surface area contributed by atoms with Crippen molar-refractivity contribution in [3.05, 3.63) is 76.1 Å². The van der Waals surface area contributed by atoms with Crippen LogP contribution in [0.15, 0.2) is 48.5 Å². The van der Waals surface area contributed by atoms with Gasteiger partial charge in [-0.25, -0.2) is 0 Å². The van der Waals surface area contributed by atoms with Crippen LogP contribution in [-0.2, 0) is 13.0 Å². The number of hydrogen-bond acceptors (Lipinski definition) is 2. The molecule has 3 rings (SSSR count). The SMILES string of the molecule is CCCc1c(-c2ccc(Cl)cc2)c(C(N)=O)c(C)n1Cc1ccccc1OC. The van der Waals surface area contributed by atoms with Crippen molar-refractivity contribution < 1.29 is 9.53 Å². The summed E-state index contributed by atoms with van der Waals surface area (Å²) in [7, 11) is 1.67. The minimum Gasteiger partial charge on any atom is -0.496 e. The molecule has 1 heterocycles. The zero-order valence-electron chi connectivity index (χ0n) is 16.5. The molecule has 0 aliphatic rings. The van der Waals surface area contributed by atoms with Gasteiger partial charge >= 0.3 is 0 Å². The smallest absolute Gasteiger partial charge is 0.251 e. The number of para-hydroxylation sites is 1. The van der Waals surface area contributed by atoms with Crippen molar-refractivity contribution in [2.24, 2.45) is 5.73 Å². The Labute approximate surface area is 170 Å². The second-order valence-electron chi connectivity index (χ2n) is 6.80. The first kappa shape index (κ1) is 20.0. The van der Waals surface area contributed by atoms with E-state index in [1.54, 1.807) is 7.11 Å². The number of halogens is 1. The van der Waals surface area contributed by atoms with Gasteiger partial charge in [-0.1, -0.05) is 55.3 Å². The molecule has 0 fully saturated rings. The lowest BCUT2D eigenvalue weighted by Gasteiger charge is -2.15. The molecule has 4 nitrogen and oxygen atoms in total. The molecule has 5 heteroatoms. The molecular formula is C23H25ClN2O2. The number of benzene rings is 2. The highest BCUT2D eigenvalue weighted by molar-refractivity contribution is 6.30. The van der Waals surface area contributed by atoms with Gasteiger partial charge in [0.1, 0.15) is 5.75 Å². The number of methoxy groups -OCH3 is 1. The average Bonchev–Trinajstić information content (AvgIpc) is 2.95. The number of carbonyl (C=O) groups is 1. The number of carbonyl (C=O) groups excluding carboxylic acids is 1. The molecular weight excluding hydrogens is 372 g/mol. The van der Waals surface area contributed by atoms with Crippen LogP contribution in [0.3, 0.4) is 0 Å². The highest BCUT2D eigenvalue weighted by Gasteiger charge is 2.24. The lowest BCUT2D eigenvalue weighted by Crippen LogP contribution is -2.13. The van der Waals surface area contributed by atoms with Crippen molar-refractivity contribution in [1.29, 1.82) is 0 Å². The third-order valence-electron chi connectivity index (χ3n) is 5.02. The van der Waals surface area contributed by atoms with Crippen molar-refractivity contribution in [2.75, 3.05) is 7.11 Å². The summed E-state index contributed by atoms with van der Waals surface area (Å²) in [6.07, 6.45) is 1.79. The van der Waals surface area contributed by atoms with Crippen LogP contribution in [0, 0.1) is 6.92 Å². The van der Waals surface area contributed by atoms with Crippen molar-refractivity contribution in [2.45, 2.75) is 33.2 Å². The molecule has 0 aliphatic carbocycles. The summed E-state index contributed by atoms with van der Waals surface area (Å²) in [6.45, 7) is 4.69. The minimum atomic E-state index is -0.418. The van der Waals surface area contributed by atoms with Gasteiger partial charge in [0.25, 0.3) is 5.91 Å². The van der Waals surface area contributed by atoms with Crippen LogP contribution < -0.4 is 10.5 Å². The fourth-order valence-electron chi connectivity index (χ4n) is 3.74. The highest BCUT2D eigenvalue weighted by Crippen LogP contribution is 2.35. The summed E-state index contributed by atoms with van der Waals surface area (Å²) in [4.78, 5) is 12.4. The van der Waals surface area contributed by atoms with Crippen molar-refractivity contribution in [3.63, 3.8) is 0 Å². The first-order chi connectivity index (χ1) is 13.5. The molecule has 0 aliphatic heterocycles. The van der Waals surface area contributed by atoms with Gasteiger partial charge in [-0.05, 0) is 37.1 Å². The number of aromatic nitrogens is 1. The van der Waals surface area contributed by atoms with Gasteiger partial charge in [-0.2, -0.15) is 0 Å². The molecule has 1 aromatic heterocycles. The van der Waals surface area contributed by atoms with Gasteiger partial charge in [-0.15, -0.1) is 0 Å². The molecule has 0 spiro atoms. The summed E-state index contributed by atoms with van der Waals surface area (Å²) in [5, 5.41) is 0.659. The Morgan fingerprint density at radius 3 is 2.43 bits per heavy atom. The molecule has 0 saturated carbocycles. The Balaban J connectivity index is 2.23. The van der Waals surface area contributed by atoms with E-state index in [1.807, 2.05) is 55.5 Å². The van der Waals surface area contributed by atoms with Crippen LogP contribution >= 0.6 is 11.6 Å². The van der Waals surface area contributed by atoms with E-state index in [0.29, 0.717) is 17.1 Å². The normalized spacial score (nSPS) is 10.9. The Hall–Kier alpha value is -2.72. The maximum atomic E-state index is 12.4. The summed E-state index contributed by atoms with van der Waals surface area (Å²) >= 11 is 6.07. The molecule has 0 saturated heterocycles. The van der Waals surface area contributed by atoms with Crippen molar-refractivity contribution in [3.8, 4) is 16.9 Å². The van der Waals surface area contributed by atoms with E-state index in [0.717, 1.165) is 46.7 Å². The predicted molar refractivity (Wildman–Crippen MR) is 114 cm³/mol. The molecule has 28 heavy (non-hydrogen) atoms. The topological polar surface area (TPSA) is 57.2 Å².